The van der Waals surface area contributed by atoms with Gasteiger partial charge in [0.2, 0.25) is 0 Å². The predicted molar refractivity (Wildman–Crippen MR) is 109 cm³/mol. The molecule has 4 rings (SSSR count). The number of pyridine rings is 1. The van der Waals surface area contributed by atoms with Crippen LogP contribution in [-0.4, -0.2) is 26.7 Å². The van der Waals surface area contributed by atoms with E-state index in [1.54, 1.807) is 12.3 Å². The maximum Gasteiger partial charge on any atom is 0.193 e. The Kier molecular flexibility index (Phi) is 4.17. The van der Waals surface area contributed by atoms with Gasteiger partial charge in [-0.3, -0.25) is 14.3 Å². The Hall–Kier alpha value is -2.89. The van der Waals surface area contributed by atoms with Crippen LogP contribution in [0.3, 0.4) is 0 Å². The molecule has 0 amide bonds. The normalized spacial score (nSPS) is 16.0. The zero-order valence-electron chi connectivity index (χ0n) is 16.9. The summed E-state index contributed by atoms with van der Waals surface area (Å²) in [5.41, 5.74) is 2.36. The maximum absolute atomic E-state index is 12.6. The molecule has 6 nitrogen and oxygen atoms in total. The first-order chi connectivity index (χ1) is 13.2. The minimum Gasteiger partial charge on any atom is -0.492 e. The predicted octanol–water partition coefficient (Wildman–Crippen LogP) is 4.07. The largest absolute Gasteiger partial charge is 0.492 e. The van der Waals surface area contributed by atoms with Gasteiger partial charge in [0.05, 0.1) is 36.1 Å². The molecule has 0 saturated carbocycles. The minimum absolute atomic E-state index is 0.0542. The van der Waals surface area contributed by atoms with E-state index in [-0.39, 0.29) is 28.2 Å². The Balaban J connectivity index is 2.06. The van der Waals surface area contributed by atoms with Gasteiger partial charge >= 0.3 is 0 Å². The molecule has 2 aromatic heterocycles. The fourth-order valence-corrected chi connectivity index (χ4v) is 4.01. The highest BCUT2D eigenvalue weighted by Crippen LogP contribution is 2.42. The Morgan fingerprint density at radius 3 is 2.71 bits per heavy atom. The van der Waals surface area contributed by atoms with Crippen LogP contribution in [0.5, 0.6) is 5.75 Å². The van der Waals surface area contributed by atoms with E-state index in [1.165, 1.54) is 6.92 Å². The monoisotopic (exact) mass is 379 g/mol. The molecule has 6 heteroatoms. The summed E-state index contributed by atoms with van der Waals surface area (Å²) in [6, 6.07) is 7.49. The molecule has 1 aliphatic rings. The summed E-state index contributed by atoms with van der Waals surface area (Å²) in [6.45, 7) is 11.1. The number of benzene rings is 1. The molecule has 146 valence electrons. The Morgan fingerprint density at radius 2 is 2.07 bits per heavy atom. The molecule has 1 unspecified atom stereocenters. The zero-order chi connectivity index (χ0) is 20.2. The van der Waals surface area contributed by atoms with Gasteiger partial charge in [0.25, 0.3) is 0 Å². The van der Waals surface area contributed by atoms with Crippen LogP contribution in [-0.2, 0) is 6.54 Å². The first-order valence-electron chi connectivity index (χ1n) is 9.62. The van der Waals surface area contributed by atoms with Gasteiger partial charge in [-0.2, -0.15) is 5.10 Å². The van der Waals surface area contributed by atoms with Gasteiger partial charge in [0.15, 0.2) is 11.2 Å². The summed E-state index contributed by atoms with van der Waals surface area (Å²) in [5, 5.41) is 5.78. The second kappa shape index (κ2) is 6.33. The van der Waals surface area contributed by atoms with Gasteiger partial charge in [-0.05, 0) is 25.3 Å². The van der Waals surface area contributed by atoms with Crippen molar-refractivity contribution in [3.8, 4) is 17.1 Å². The molecule has 0 spiro atoms. The Labute approximate surface area is 163 Å². The molecule has 0 bridgehead atoms. The number of nitrogens with zero attached hydrogens (tertiary/aromatic N) is 3. The smallest absolute Gasteiger partial charge is 0.193 e. The third-order valence-electron chi connectivity index (χ3n) is 5.42. The van der Waals surface area contributed by atoms with Crippen molar-refractivity contribution in [2.75, 3.05) is 6.61 Å². The number of ketones is 1. The van der Waals surface area contributed by atoms with Crippen LogP contribution in [0.15, 0.2) is 35.3 Å². The van der Waals surface area contributed by atoms with E-state index in [4.69, 9.17) is 9.84 Å². The second-order valence-corrected chi connectivity index (χ2v) is 8.40. The molecule has 0 saturated heterocycles. The van der Waals surface area contributed by atoms with E-state index < -0.39 is 0 Å². The lowest BCUT2D eigenvalue weighted by molar-refractivity contribution is 0.101. The van der Waals surface area contributed by atoms with Crippen LogP contribution in [0.2, 0.25) is 0 Å². The molecule has 0 radical (unpaired) electrons. The third kappa shape index (κ3) is 2.75. The first kappa shape index (κ1) is 18.5. The lowest BCUT2D eigenvalue weighted by atomic mass is 9.84. The highest BCUT2D eigenvalue weighted by atomic mass is 16.5. The molecule has 3 aromatic rings. The summed E-state index contributed by atoms with van der Waals surface area (Å²) in [5.74, 6) is 0.527. The van der Waals surface area contributed by atoms with E-state index in [0.717, 1.165) is 28.0 Å². The van der Waals surface area contributed by atoms with Crippen LogP contribution >= 0.6 is 0 Å². The molecule has 1 aliphatic heterocycles. The van der Waals surface area contributed by atoms with Gasteiger partial charge in [0, 0.05) is 17.6 Å². The number of Topliss-reactive ketones (excluding diaryl/α,β-unsaturated/α-hetero) is 1. The molecule has 0 fully saturated rings. The van der Waals surface area contributed by atoms with E-state index in [1.807, 2.05) is 29.8 Å². The number of carbonyl (C=O) groups excluding carboxylic acids is 1. The highest BCUT2D eigenvalue weighted by molar-refractivity contribution is 5.97. The lowest BCUT2D eigenvalue weighted by Gasteiger charge is -2.38. The standard InChI is InChI=1S/C22H25N3O3/c1-6-28-18-9-7-8-14-20(18)23-25-12-19(22(3,4)5)24-11-15(13(2)26)17(27)10-16(24)21(14)25/h7-11,19H,6,12H2,1-5H3. The van der Waals surface area contributed by atoms with Gasteiger partial charge in [0.1, 0.15) is 11.3 Å². The molecule has 0 N–H and O–H groups in total. The van der Waals surface area contributed by atoms with Gasteiger partial charge in [-0.25, -0.2) is 0 Å². The highest BCUT2D eigenvalue weighted by Gasteiger charge is 2.35. The number of fused-ring (bicyclic) bond motifs is 5. The number of rotatable bonds is 3. The van der Waals surface area contributed by atoms with Crippen molar-refractivity contribution in [3.63, 3.8) is 0 Å². The molecule has 1 aromatic carbocycles. The molecule has 28 heavy (non-hydrogen) atoms. The lowest BCUT2D eigenvalue weighted by Crippen LogP contribution is -2.35. The fraction of sp³-hybridized carbons (Fsp3) is 0.409. The molecule has 3 heterocycles. The van der Waals surface area contributed by atoms with E-state index >= 15 is 0 Å². The van der Waals surface area contributed by atoms with Crippen LogP contribution < -0.4 is 10.2 Å². The van der Waals surface area contributed by atoms with Crippen molar-refractivity contribution in [3.05, 3.63) is 46.2 Å². The summed E-state index contributed by atoms with van der Waals surface area (Å²) >= 11 is 0. The minimum atomic E-state index is -0.254. The number of ether oxygens (including phenoxy) is 1. The molecule has 0 aliphatic carbocycles. The summed E-state index contributed by atoms with van der Waals surface area (Å²) in [6.07, 6.45) is 1.73. The third-order valence-corrected chi connectivity index (χ3v) is 5.42. The van der Waals surface area contributed by atoms with Gasteiger partial charge in [-0.15, -0.1) is 0 Å². The first-order valence-corrected chi connectivity index (χ1v) is 9.62. The Morgan fingerprint density at radius 1 is 1.32 bits per heavy atom. The van der Waals surface area contributed by atoms with Crippen molar-refractivity contribution >= 4 is 16.7 Å². The number of hydrogen-bond acceptors (Lipinski definition) is 4. The topological polar surface area (TPSA) is 66.1 Å². The fourth-order valence-electron chi connectivity index (χ4n) is 4.01. The van der Waals surface area contributed by atoms with E-state index in [0.29, 0.717) is 13.2 Å². The van der Waals surface area contributed by atoms with Crippen molar-refractivity contribution in [2.24, 2.45) is 5.41 Å². The van der Waals surface area contributed by atoms with E-state index in [9.17, 15) is 9.59 Å². The van der Waals surface area contributed by atoms with Crippen LogP contribution in [0.4, 0.5) is 0 Å². The van der Waals surface area contributed by atoms with Crippen molar-refractivity contribution < 1.29 is 9.53 Å². The molecule has 1 atom stereocenters. The zero-order valence-corrected chi connectivity index (χ0v) is 16.9. The summed E-state index contributed by atoms with van der Waals surface area (Å²) in [4.78, 5) is 24.6. The summed E-state index contributed by atoms with van der Waals surface area (Å²) in [7, 11) is 0. The number of aromatic nitrogens is 3. The van der Waals surface area contributed by atoms with Crippen molar-refractivity contribution in [1.29, 1.82) is 0 Å². The summed E-state index contributed by atoms with van der Waals surface area (Å²) < 4.78 is 9.83. The number of carbonyl (C=O) groups is 1. The van der Waals surface area contributed by atoms with Gasteiger partial charge < -0.3 is 9.30 Å². The van der Waals surface area contributed by atoms with Crippen LogP contribution in [0.1, 0.15) is 51.0 Å². The van der Waals surface area contributed by atoms with Crippen LogP contribution in [0.25, 0.3) is 22.3 Å². The van der Waals surface area contributed by atoms with Crippen molar-refractivity contribution in [1.82, 2.24) is 14.3 Å². The number of hydrogen-bond donors (Lipinski definition) is 0. The van der Waals surface area contributed by atoms with Crippen molar-refractivity contribution in [2.45, 2.75) is 47.2 Å². The molecular weight excluding hydrogens is 354 g/mol. The quantitative estimate of drug-likeness (QED) is 0.644. The molecular formula is C22H25N3O3. The van der Waals surface area contributed by atoms with Gasteiger partial charge in [-0.1, -0.05) is 32.9 Å². The second-order valence-electron chi connectivity index (χ2n) is 8.40. The Bertz CT molecular complexity index is 1150. The SMILES string of the molecule is CCOc1cccc2c3n(nc12)CC(C(C)(C)C)n1cc(C(C)=O)c(=O)cc1-3. The van der Waals surface area contributed by atoms with E-state index in [2.05, 4.69) is 25.3 Å². The average Bonchev–Trinajstić information content (AvgIpc) is 2.99. The van der Waals surface area contributed by atoms with Crippen LogP contribution in [0, 0.1) is 5.41 Å². The average molecular weight is 379 g/mol. The maximum atomic E-state index is 12.6.